The van der Waals surface area contributed by atoms with Gasteiger partial charge in [0.25, 0.3) is 0 Å². The van der Waals surface area contributed by atoms with Gasteiger partial charge in [-0.3, -0.25) is 0 Å². The molecule has 310 valence electrons. The minimum Gasteiger partial charge on any atom is -0.310 e. The van der Waals surface area contributed by atoms with E-state index in [1.165, 1.54) is 89.0 Å². The molecule has 0 aromatic heterocycles. The van der Waals surface area contributed by atoms with Crippen molar-refractivity contribution in [3.05, 3.63) is 246 Å². The summed E-state index contributed by atoms with van der Waals surface area (Å²) in [5.41, 5.74) is 23.4. The van der Waals surface area contributed by atoms with Crippen LogP contribution in [0, 0.1) is 0 Å². The number of benzene rings is 9. The Kier molecular flexibility index (Phi) is 9.26. The molecule has 0 amide bonds. The summed E-state index contributed by atoms with van der Waals surface area (Å²) in [6, 6.07) is 79.5. The summed E-state index contributed by atoms with van der Waals surface area (Å²) in [5.74, 6) is 0. The molecule has 0 fully saturated rings. The Morgan fingerprint density at radius 2 is 0.703 bits per heavy atom. The number of hydrogen-bond acceptors (Lipinski definition) is 1. The molecule has 9 aromatic rings. The van der Waals surface area contributed by atoms with Gasteiger partial charge in [-0.25, -0.2) is 0 Å². The zero-order chi connectivity index (χ0) is 43.8. The normalized spacial score (nSPS) is 13.3. The van der Waals surface area contributed by atoms with Crippen molar-refractivity contribution in [3.63, 3.8) is 0 Å². The molecule has 1 spiro atoms. The Morgan fingerprint density at radius 3 is 1.17 bits per heavy atom. The first-order chi connectivity index (χ1) is 31.0. The minimum absolute atomic E-state index is 0.0335. The lowest BCUT2D eigenvalue weighted by molar-refractivity contribution is 0.586. The SMILES string of the molecule is CC(C)(C)c1ccc2c(c1)C1(c3cc(C(C)(C)C)ccc3-2)c2cc(N(c3ccc(-c4ccccc4)cc3)c3ccc(-c4ccccc4)cc3)ccc2-c2c(-c3ccccc3)cccc21. The zero-order valence-electron chi connectivity index (χ0n) is 37.7. The van der Waals surface area contributed by atoms with E-state index in [0.717, 1.165) is 17.1 Å². The topological polar surface area (TPSA) is 3.24 Å². The summed E-state index contributed by atoms with van der Waals surface area (Å²) in [6.07, 6.45) is 0. The van der Waals surface area contributed by atoms with Crippen LogP contribution in [0.2, 0.25) is 0 Å². The molecule has 64 heavy (non-hydrogen) atoms. The number of nitrogens with zero attached hydrogens (tertiary/aromatic N) is 1. The van der Waals surface area contributed by atoms with E-state index in [9.17, 15) is 0 Å². The smallest absolute Gasteiger partial charge is 0.0726 e. The largest absolute Gasteiger partial charge is 0.310 e. The highest BCUT2D eigenvalue weighted by molar-refractivity contribution is 6.01. The van der Waals surface area contributed by atoms with Gasteiger partial charge in [-0.05, 0) is 136 Å². The van der Waals surface area contributed by atoms with Crippen molar-refractivity contribution < 1.29 is 0 Å². The van der Waals surface area contributed by atoms with Gasteiger partial charge in [-0.15, -0.1) is 0 Å². The predicted molar refractivity (Wildman–Crippen MR) is 271 cm³/mol. The van der Waals surface area contributed by atoms with Gasteiger partial charge >= 0.3 is 0 Å². The van der Waals surface area contributed by atoms with Crippen molar-refractivity contribution >= 4 is 17.1 Å². The van der Waals surface area contributed by atoms with Crippen LogP contribution >= 0.6 is 0 Å². The van der Waals surface area contributed by atoms with Crippen LogP contribution in [0.15, 0.2) is 212 Å². The molecular weight excluding hydrogens is 771 g/mol. The van der Waals surface area contributed by atoms with Gasteiger partial charge < -0.3 is 4.90 Å². The summed E-state index contributed by atoms with van der Waals surface area (Å²) in [6.45, 7) is 14.0. The van der Waals surface area contributed by atoms with Crippen LogP contribution in [0.25, 0.3) is 55.6 Å². The van der Waals surface area contributed by atoms with E-state index < -0.39 is 5.41 Å². The van der Waals surface area contributed by atoms with Crippen LogP contribution in [-0.4, -0.2) is 0 Å². The molecule has 2 aliphatic carbocycles. The van der Waals surface area contributed by atoms with Gasteiger partial charge in [0, 0.05) is 17.1 Å². The maximum absolute atomic E-state index is 2.55. The molecule has 0 unspecified atom stereocenters. The molecule has 0 bridgehead atoms. The van der Waals surface area contributed by atoms with Gasteiger partial charge in [0.05, 0.1) is 5.41 Å². The first-order valence-electron chi connectivity index (χ1n) is 22.8. The Hall–Kier alpha value is -7.22. The zero-order valence-corrected chi connectivity index (χ0v) is 37.7. The van der Waals surface area contributed by atoms with E-state index >= 15 is 0 Å². The summed E-state index contributed by atoms with van der Waals surface area (Å²) < 4.78 is 0. The van der Waals surface area contributed by atoms with Gasteiger partial charge in [0.15, 0.2) is 0 Å². The van der Waals surface area contributed by atoms with Gasteiger partial charge in [0.1, 0.15) is 0 Å². The third kappa shape index (κ3) is 6.36. The fourth-order valence-corrected chi connectivity index (χ4v) is 10.5. The van der Waals surface area contributed by atoms with E-state index in [2.05, 4.69) is 259 Å². The van der Waals surface area contributed by atoms with Crippen LogP contribution in [0.3, 0.4) is 0 Å². The van der Waals surface area contributed by atoms with Crippen LogP contribution in [0.1, 0.15) is 74.9 Å². The van der Waals surface area contributed by atoms with Gasteiger partial charge in [-0.1, -0.05) is 217 Å². The molecule has 11 rings (SSSR count). The summed E-state index contributed by atoms with van der Waals surface area (Å²) in [4.78, 5) is 2.45. The monoisotopic (exact) mass is 823 g/mol. The number of hydrogen-bond donors (Lipinski definition) is 0. The molecule has 0 saturated carbocycles. The van der Waals surface area contributed by atoms with Crippen molar-refractivity contribution in [2.45, 2.75) is 57.8 Å². The molecule has 0 saturated heterocycles. The first-order valence-corrected chi connectivity index (χ1v) is 22.8. The van der Waals surface area contributed by atoms with Crippen LogP contribution in [0.5, 0.6) is 0 Å². The van der Waals surface area contributed by atoms with E-state index in [-0.39, 0.29) is 10.8 Å². The molecule has 0 heterocycles. The highest BCUT2D eigenvalue weighted by Crippen LogP contribution is 2.65. The standard InChI is InChI=1S/C63H53N/c1-61(2,3)47-29-36-53-54-37-30-48(62(4,5)6)40-58(54)63(57(53)39-47)56-24-16-23-52(46-21-14-9-15-22-46)60(56)55-38-35-51(41-59(55)63)64(49-31-25-44(26-32-49)42-17-10-7-11-18-42)50-33-27-45(28-34-50)43-19-12-8-13-20-43/h7-41H,1-6H3. The molecule has 0 N–H and O–H groups in total. The molecule has 0 radical (unpaired) electrons. The lowest BCUT2D eigenvalue weighted by Gasteiger charge is -2.34. The second kappa shape index (κ2) is 15.0. The third-order valence-corrected chi connectivity index (χ3v) is 13.8. The van der Waals surface area contributed by atoms with E-state index in [1.807, 2.05) is 0 Å². The average molecular weight is 824 g/mol. The fraction of sp³-hybridized carbons (Fsp3) is 0.143. The van der Waals surface area contributed by atoms with Crippen LogP contribution in [0.4, 0.5) is 17.1 Å². The number of rotatable bonds is 6. The molecule has 0 aliphatic heterocycles. The Balaban J connectivity index is 1.20. The molecule has 2 aliphatic rings. The number of anilines is 3. The highest BCUT2D eigenvalue weighted by atomic mass is 15.1. The van der Waals surface area contributed by atoms with E-state index in [4.69, 9.17) is 0 Å². The third-order valence-electron chi connectivity index (χ3n) is 13.8. The predicted octanol–water partition coefficient (Wildman–Crippen LogP) is 17.1. The van der Waals surface area contributed by atoms with Crippen molar-refractivity contribution in [1.82, 2.24) is 0 Å². The van der Waals surface area contributed by atoms with Crippen LogP contribution < -0.4 is 4.90 Å². The maximum Gasteiger partial charge on any atom is 0.0726 e. The minimum atomic E-state index is -0.557. The molecule has 9 aromatic carbocycles. The fourth-order valence-electron chi connectivity index (χ4n) is 10.5. The average Bonchev–Trinajstić information content (AvgIpc) is 3.79. The lowest BCUT2D eigenvalue weighted by Crippen LogP contribution is -2.27. The van der Waals surface area contributed by atoms with Crippen molar-refractivity contribution in [1.29, 1.82) is 0 Å². The molecular formula is C63H53N. The van der Waals surface area contributed by atoms with Crippen molar-refractivity contribution in [2.24, 2.45) is 0 Å². The highest BCUT2D eigenvalue weighted by Gasteiger charge is 2.53. The second-order valence-corrected chi connectivity index (χ2v) is 19.8. The second-order valence-electron chi connectivity index (χ2n) is 19.8. The van der Waals surface area contributed by atoms with Gasteiger partial charge in [0.2, 0.25) is 0 Å². The van der Waals surface area contributed by atoms with Crippen molar-refractivity contribution in [2.75, 3.05) is 4.90 Å². The van der Waals surface area contributed by atoms with E-state index in [0.29, 0.717) is 0 Å². The molecule has 0 atom stereocenters. The Morgan fingerprint density at radius 1 is 0.297 bits per heavy atom. The summed E-state index contributed by atoms with van der Waals surface area (Å²) in [7, 11) is 0. The quantitative estimate of drug-likeness (QED) is 0.161. The Bertz CT molecular complexity index is 3040. The summed E-state index contributed by atoms with van der Waals surface area (Å²) >= 11 is 0. The van der Waals surface area contributed by atoms with Crippen molar-refractivity contribution in [3.8, 4) is 55.6 Å². The van der Waals surface area contributed by atoms with Gasteiger partial charge in [-0.2, -0.15) is 0 Å². The number of fused-ring (bicyclic) bond motifs is 10. The Labute approximate surface area is 379 Å². The maximum atomic E-state index is 2.55. The summed E-state index contributed by atoms with van der Waals surface area (Å²) in [5, 5.41) is 0. The first kappa shape index (κ1) is 39.6. The van der Waals surface area contributed by atoms with E-state index in [1.54, 1.807) is 0 Å². The molecule has 1 heteroatoms. The molecule has 1 nitrogen and oxygen atoms in total. The lowest BCUT2D eigenvalue weighted by atomic mass is 9.68. The van der Waals surface area contributed by atoms with Crippen LogP contribution in [-0.2, 0) is 16.2 Å².